The van der Waals surface area contributed by atoms with Crippen molar-refractivity contribution in [3.63, 3.8) is 0 Å². The first-order valence-corrected chi connectivity index (χ1v) is 8.20. The Hall–Kier alpha value is -2.88. The van der Waals surface area contributed by atoms with Gasteiger partial charge in [-0.25, -0.2) is 0 Å². The molecule has 26 heavy (non-hydrogen) atoms. The van der Waals surface area contributed by atoms with Crippen molar-refractivity contribution in [1.29, 1.82) is 5.26 Å². The summed E-state index contributed by atoms with van der Waals surface area (Å²) in [5.74, 6) is -1.68. The topological polar surface area (TPSA) is 65.8 Å². The van der Waals surface area contributed by atoms with Crippen molar-refractivity contribution in [3.05, 3.63) is 47.7 Å². The number of carbonyl (C=O) groups excluding carboxylic acids is 1. The van der Waals surface area contributed by atoms with Gasteiger partial charge in [0.1, 0.15) is 6.54 Å². The van der Waals surface area contributed by atoms with Crippen LogP contribution < -0.4 is 5.32 Å². The van der Waals surface area contributed by atoms with E-state index in [2.05, 4.69) is 10.3 Å². The molecule has 1 N–H and O–H groups in total. The number of carbonyl (C=O) groups is 1. The molecule has 1 aromatic heterocycles. The Morgan fingerprint density at radius 2 is 2.19 bits per heavy atom. The second-order valence-electron chi connectivity index (χ2n) is 6.18. The number of aromatic nitrogens is 1. The third-order valence-electron chi connectivity index (χ3n) is 4.52. The van der Waals surface area contributed by atoms with Crippen molar-refractivity contribution in [2.45, 2.75) is 25.4 Å². The molecule has 0 unspecified atom stereocenters. The van der Waals surface area contributed by atoms with Crippen molar-refractivity contribution in [3.8, 4) is 6.07 Å². The molecule has 0 saturated carbocycles. The number of pyridine rings is 1. The molecule has 3 rings (SSSR count). The van der Waals surface area contributed by atoms with Gasteiger partial charge in [-0.3, -0.25) is 9.78 Å². The molecule has 0 bridgehead atoms. The summed E-state index contributed by atoms with van der Waals surface area (Å²) in [5, 5.41) is 11.7. The fourth-order valence-corrected chi connectivity index (χ4v) is 3.14. The molecular formula is C19H16F3N3O. The Morgan fingerprint density at radius 1 is 1.38 bits per heavy atom. The summed E-state index contributed by atoms with van der Waals surface area (Å²) >= 11 is 0. The lowest BCUT2D eigenvalue weighted by Gasteiger charge is -2.24. The average molecular weight is 359 g/mol. The van der Waals surface area contributed by atoms with Crippen LogP contribution in [0.3, 0.4) is 0 Å². The Balaban J connectivity index is 1.90. The summed E-state index contributed by atoms with van der Waals surface area (Å²) in [6.45, 7) is -0.0931. The van der Waals surface area contributed by atoms with Crippen LogP contribution in [0.25, 0.3) is 16.5 Å². The van der Waals surface area contributed by atoms with E-state index in [1.54, 1.807) is 24.3 Å². The Morgan fingerprint density at radius 3 is 2.85 bits per heavy atom. The summed E-state index contributed by atoms with van der Waals surface area (Å²) in [5.41, 5.74) is 2.64. The molecule has 1 heterocycles. The lowest BCUT2D eigenvalue weighted by molar-refractivity contribution is -0.175. The largest absolute Gasteiger partial charge is 0.392 e. The van der Waals surface area contributed by atoms with Gasteiger partial charge >= 0.3 is 6.18 Å². The molecule has 1 atom stereocenters. The summed E-state index contributed by atoms with van der Waals surface area (Å²) in [6, 6.07) is 8.94. The molecule has 134 valence electrons. The van der Waals surface area contributed by atoms with Gasteiger partial charge in [-0.2, -0.15) is 18.4 Å². The van der Waals surface area contributed by atoms with Gasteiger partial charge in [-0.15, -0.1) is 0 Å². The van der Waals surface area contributed by atoms with Gasteiger partial charge in [0.05, 0.1) is 23.1 Å². The standard InChI is InChI=1S/C19H16F3N3O/c20-19(21,22)15-6-4-12(5-7-15)16-3-1-2-13-10-14(11-25-17(13)16)18(26)24-9-8-23/h1-4,10-11,15H,5-7,9H2,(H,24,26)/t15-/m1/s1. The average Bonchev–Trinajstić information content (AvgIpc) is 2.64. The van der Waals surface area contributed by atoms with Crippen LogP contribution in [-0.2, 0) is 0 Å². The smallest absolute Gasteiger partial charge is 0.339 e. The van der Waals surface area contributed by atoms with Crippen molar-refractivity contribution in [1.82, 2.24) is 10.3 Å². The van der Waals surface area contributed by atoms with Crippen molar-refractivity contribution < 1.29 is 18.0 Å². The maximum Gasteiger partial charge on any atom is 0.392 e. The van der Waals surface area contributed by atoms with E-state index in [1.165, 1.54) is 6.20 Å². The van der Waals surface area contributed by atoms with Crippen LogP contribution in [0, 0.1) is 17.2 Å². The first-order chi connectivity index (χ1) is 12.4. The number of hydrogen-bond acceptors (Lipinski definition) is 3. The molecule has 0 fully saturated rings. The zero-order chi connectivity index (χ0) is 18.7. The van der Waals surface area contributed by atoms with E-state index in [0.717, 1.165) is 16.5 Å². The van der Waals surface area contributed by atoms with E-state index in [4.69, 9.17) is 5.26 Å². The van der Waals surface area contributed by atoms with Crippen molar-refractivity contribution in [2.75, 3.05) is 6.54 Å². The number of fused-ring (bicyclic) bond motifs is 1. The van der Waals surface area contributed by atoms with Crippen LogP contribution in [0.15, 0.2) is 36.5 Å². The number of nitrogens with one attached hydrogen (secondary N) is 1. The molecule has 0 aliphatic heterocycles. The van der Waals surface area contributed by atoms with Crippen LogP contribution in [0.5, 0.6) is 0 Å². The van der Waals surface area contributed by atoms with Crippen molar-refractivity contribution in [2.24, 2.45) is 5.92 Å². The highest BCUT2D eigenvalue weighted by molar-refractivity contribution is 5.99. The monoisotopic (exact) mass is 359 g/mol. The summed E-state index contributed by atoms with van der Waals surface area (Å²) in [4.78, 5) is 16.3. The van der Waals surface area contributed by atoms with Gasteiger partial charge in [0.15, 0.2) is 0 Å². The fraction of sp³-hybridized carbons (Fsp3) is 0.316. The number of allylic oxidation sites excluding steroid dienone is 2. The predicted molar refractivity (Wildman–Crippen MR) is 91.1 cm³/mol. The zero-order valence-corrected chi connectivity index (χ0v) is 13.8. The molecule has 0 radical (unpaired) electrons. The molecular weight excluding hydrogens is 343 g/mol. The Kier molecular flexibility index (Phi) is 4.94. The molecule has 4 nitrogen and oxygen atoms in total. The van der Waals surface area contributed by atoms with E-state index < -0.39 is 18.0 Å². The highest BCUT2D eigenvalue weighted by Gasteiger charge is 2.39. The highest BCUT2D eigenvalue weighted by Crippen LogP contribution is 2.40. The number of amides is 1. The quantitative estimate of drug-likeness (QED) is 0.834. The lowest BCUT2D eigenvalue weighted by Crippen LogP contribution is -2.24. The first-order valence-electron chi connectivity index (χ1n) is 8.20. The minimum absolute atomic E-state index is 0.0239. The molecule has 1 amide bonds. The van der Waals surface area contributed by atoms with Crippen LogP contribution in [0.1, 0.15) is 35.2 Å². The maximum atomic E-state index is 12.8. The SMILES string of the molecule is N#CCNC(=O)c1cnc2c(C3=CC[C@@H](C(F)(F)F)CC3)cccc2c1. The highest BCUT2D eigenvalue weighted by atomic mass is 19.4. The van der Waals surface area contributed by atoms with E-state index in [-0.39, 0.29) is 19.4 Å². The molecule has 0 spiro atoms. The summed E-state index contributed by atoms with van der Waals surface area (Å²) < 4.78 is 38.5. The number of rotatable bonds is 3. The van der Waals surface area contributed by atoms with E-state index in [9.17, 15) is 18.0 Å². The van der Waals surface area contributed by atoms with Crippen LogP contribution in [0.4, 0.5) is 13.2 Å². The molecule has 1 aromatic carbocycles. The van der Waals surface area contributed by atoms with Gasteiger partial charge in [-0.1, -0.05) is 24.3 Å². The Bertz CT molecular complexity index is 912. The second kappa shape index (κ2) is 7.16. The number of para-hydroxylation sites is 1. The summed E-state index contributed by atoms with van der Waals surface area (Å²) in [7, 11) is 0. The van der Waals surface area contributed by atoms with Crippen molar-refractivity contribution >= 4 is 22.4 Å². The van der Waals surface area contributed by atoms with Gasteiger partial charge in [-0.05, 0) is 30.9 Å². The van der Waals surface area contributed by atoms with E-state index >= 15 is 0 Å². The normalized spacial score (nSPS) is 17.5. The molecule has 0 saturated heterocycles. The predicted octanol–water partition coefficient (Wildman–Crippen LogP) is 4.23. The first kappa shape index (κ1) is 17.9. The van der Waals surface area contributed by atoms with E-state index in [1.807, 2.05) is 12.1 Å². The minimum Gasteiger partial charge on any atom is -0.339 e. The minimum atomic E-state index is -4.16. The van der Waals surface area contributed by atoms with Crippen LogP contribution >= 0.6 is 0 Å². The third kappa shape index (κ3) is 3.69. The van der Waals surface area contributed by atoms with Gasteiger partial charge in [0, 0.05) is 17.1 Å². The Labute approximate surface area is 148 Å². The number of hydrogen-bond donors (Lipinski definition) is 1. The number of benzene rings is 1. The van der Waals surface area contributed by atoms with Gasteiger partial charge in [0.2, 0.25) is 0 Å². The number of halogens is 3. The molecule has 2 aromatic rings. The van der Waals surface area contributed by atoms with E-state index in [0.29, 0.717) is 17.5 Å². The van der Waals surface area contributed by atoms with Gasteiger partial charge in [0.25, 0.3) is 5.91 Å². The molecule has 1 aliphatic rings. The fourth-order valence-electron chi connectivity index (χ4n) is 3.14. The molecule has 1 aliphatic carbocycles. The number of alkyl halides is 3. The maximum absolute atomic E-state index is 12.8. The lowest BCUT2D eigenvalue weighted by atomic mass is 9.85. The van der Waals surface area contributed by atoms with Gasteiger partial charge < -0.3 is 5.32 Å². The third-order valence-corrected chi connectivity index (χ3v) is 4.52. The second-order valence-corrected chi connectivity index (χ2v) is 6.18. The number of nitriles is 1. The molecule has 7 heteroatoms. The van der Waals surface area contributed by atoms with Crippen LogP contribution in [-0.4, -0.2) is 23.6 Å². The number of nitrogens with zero attached hydrogens (tertiary/aromatic N) is 2. The zero-order valence-electron chi connectivity index (χ0n) is 13.8. The van der Waals surface area contributed by atoms with Crippen LogP contribution in [0.2, 0.25) is 0 Å². The summed E-state index contributed by atoms with van der Waals surface area (Å²) in [6.07, 6.45) is -0.712.